The van der Waals surface area contributed by atoms with E-state index in [-0.39, 0.29) is 24.0 Å². The van der Waals surface area contributed by atoms with Crippen LogP contribution < -0.4 is 5.32 Å². The van der Waals surface area contributed by atoms with Crippen LogP contribution in [0.25, 0.3) is 0 Å². The molecule has 4 rings (SSSR count). The number of aliphatic imine (C=N–C) groups is 1. The molecule has 2 saturated heterocycles. The molecule has 1 N–H and O–H groups in total. The maximum absolute atomic E-state index is 6.10. The van der Waals surface area contributed by atoms with E-state index >= 15 is 0 Å². The molecule has 5 heteroatoms. The summed E-state index contributed by atoms with van der Waals surface area (Å²) in [5.41, 5.74) is 0.417. The molecule has 4 aliphatic rings. The highest BCUT2D eigenvalue weighted by molar-refractivity contribution is 14.0. The topological polar surface area (TPSA) is 36.9 Å². The summed E-state index contributed by atoms with van der Waals surface area (Å²) in [6.07, 6.45) is 9.82. The van der Waals surface area contributed by atoms with Gasteiger partial charge in [0.15, 0.2) is 5.96 Å². The van der Waals surface area contributed by atoms with Crippen LogP contribution in [0.5, 0.6) is 0 Å². The molecule has 0 radical (unpaired) electrons. The lowest BCUT2D eigenvalue weighted by Crippen LogP contribution is -2.69. The molecule has 0 amide bonds. The Labute approximate surface area is 157 Å². The zero-order valence-electron chi connectivity index (χ0n) is 14.6. The van der Waals surface area contributed by atoms with Gasteiger partial charge >= 0.3 is 0 Å². The van der Waals surface area contributed by atoms with Crippen LogP contribution in [0.15, 0.2) is 4.99 Å². The van der Waals surface area contributed by atoms with E-state index in [0.717, 1.165) is 37.5 Å². The molecule has 3 unspecified atom stereocenters. The SMILES string of the molecule is CN=C(NC1C2CCOC2C12CCCC2)N1CCC(C)CC1.I. The minimum absolute atomic E-state index is 0. The maximum Gasteiger partial charge on any atom is 0.193 e. The van der Waals surface area contributed by atoms with Crippen LogP contribution in [0.1, 0.15) is 51.9 Å². The van der Waals surface area contributed by atoms with Crippen molar-refractivity contribution in [2.45, 2.75) is 64.0 Å². The van der Waals surface area contributed by atoms with Gasteiger partial charge in [0.05, 0.1) is 6.10 Å². The zero-order chi connectivity index (χ0) is 15.2. The summed E-state index contributed by atoms with van der Waals surface area (Å²) in [5, 5.41) is 3.89. The number of ether oxygens (including phenoxy) is 1. The molecule has 2 heterocycles. The minimum Gasteiger partial charge on any atom is -0.377 e. The highest BCUT2D eigenvalue weighted by atomic mass is 127. The summed E-state index contributed by atoms with van der Waals surface area (Å²) >= 11 is 0. The summed E-state index contributed by atoms with van der Waals surface area (Å²) in [6.45, 7) is 5.65. The average molecular weight is 433 g/mol. The molecule has 2 aliphatic heterocycles. The van der Waals surface area contributed by atoms with Crippen LogP contribution in [0, 0.1) is 17.3 Å². The number of likely N-dealkylation sites (tertiary alicyclic amines) is 1. The Morgan fingerprint density at radius 2 is 1.87 bits per heavy atom. The molecule has 3 atom stereocenters. The molecular formula is C18H32IN3O. The number of hydrogen-bond donors (Lipinski definition) is 1. The van der Waals surface area contributed by atoms with E-state index < -0.39 is 0 Å². The number of hydrogen-bond acceptors (Lipinski definition) is 2. The van der Waals surface area contributed by atoms with Crippen LogP contribution >= 0.6 is 24.0 Å². The summed E-state index contributed by atoms with van der Waals surface area (Å²) in [5.74, 6) is 2.74. The van der Waals surface area contributed by atoms with Gasteiger partial charge in [-0.05, 0) is 38.0 Å². The number of halogens is 1. The fourth-order valence-electron chi connectivity index (χ4n) is 5.56. The smallest absolute Gasteiger partial charge is 0.193 e. The molecule has 132 valence electrons. The van der Waals surface area contributed by atoms with E-state index in [1.54, 1.807) is 0 Å². The van der Waals surface area contributed by atoms with Crippen LogP contribution in [-0.2, 0) is 4.74 Å². The summed E-state index contributed by atoms with van der Waals surface area (Å²) in [7, 11) is 1.95. The monoisotopic (exact) mass is 433 g/mol. The maximum atomic E-state index is 6.10. The first-order valence-corrected chi connectivity index (χ1v) is 9.34. The van der Waals surface area contributed by atoms with Gasteiger partial charge in [0, 0.05) is 44.1 Å². The Balaban J connectivity index is 0.00000156. The Morgan fingerprint density at radius 1 is 1.17 bits per heavy atom. The van der Waals surface area contributed by atoms with Gasteiger partial charge in [0.25, 0.3) is 0 Å². The number of guanidine groups is 1. The molecule has 0 aromatic heterocycles. The Bertz CT molecular complexity index is 442. The molecular weight excluding hydrogens is 401 g/mol. The first kappa shape index (κ1) is 17.8. The van der Waals surface area contributed by atoms with Crippen molar-refractivity contribution in [2.24, 2.45) is 22.2 Å². The molecule has 2 saturated carbocycles. The van der Waals surface area contributed by atoms with Crippen molar-refractivity contribution in [1.29, 1.82) is 0 Å². The second-order valence-corrected chi connectivity index (χ2v) is 8.02. The molecule has 0 bridgehead atoms. The second-order valence-electron chi connectivity index (χ2n) is 8.02. The first-order chi connectivity index (χ1) is 10.7. The van der Waals surface area contributed by atoms with Crippen LogP contribution in [0.4, 0.5) is 0 Å². The van der Waals surface area contributed by atoms with Crippen molar-refractivity contribution in [3.63, 3.8) is 0 Å². The van der Waals surface area contributed by atoms with E-state index in [2.05, 4.69) is 22.1 Å². The lowest BCUT2D eigenvalue weighted by atomic mass is 9.54. The normalized spacial score (nSPS) is 36.5. The highest BCUT2D eigenvalue weighted by Crippen LogP contribution is 2.60. The summed E-state index contributed by atoms with van der Waals surface area (Å²) in [4.78, 5) is 7.10. The third kappa shape index (κ3) is 2.90. The number of nitrogens with zero attached hydrogens (tertiary/aromatic N) is 2. The molecule has 1 spiro atoms. The predicted molar refractivity (Wildman–Crippen MR) is 104 cm³/mol. The van der Waals surface area contributed by atoms with Gasteiger partial charge in [-0.1, -0.05) is 19.8 Å². The molecule has 2 aliphatic carbocycles. The fraction of sp³-hybridized carbons (Fsp3) is 0.944. The van der Waals surface area contributed by atoms with Gasteiger partial charge in [-0.2, -0.15) is 0 Å². The van der Waals surface area contributed by atoms with Gasteiger partial charge in [0.1, 0.15) is 0 Å². The largest absolute Gasteiger partial charge is 0.377 e. The van der Waals surface area contributed by atoms with Crippen molar-refractivity contribution in [3.8, 4) is 0 Å². The van der Waals surface area contributed by atoms with Gasteiger partial charge in [-0.3, -0.25) is 4.99 Å². The van der Waals surface area contributed by atoms with Gasteiger partial charge < -0.3 is 15.0 Å². The van der Waals surface area contributed by atoms with Crippen molar-refractivity contribution in [2.75, 3.05) is 26.7 Å². The number of nitrogens with one attached hydrogen (secondary N) is 1. The van der Waals surface area contributed by atoms with Crippen LogP contribution in [0.2, 0.25) is 0 Å². The lowest BCUT2D eigenvalue weighted by Gasteiger charge is -2.57. The minimum atomic E-state index is 0. The van der Waals surface area contributed by atoms with Crippen molar-refractivity contribution >= 4 is 29.9 Å². The Morgan fingerprint density at radius 3 is 2.52 bits per heavy atom. The van der Waals surface area contributed by atoms with Crippen molar-refractivity contribution in [3.05, 3.63) is 0 Å². The van der Waals surface area contributed by atoms with E-state index in [1.807, 2.05) is 7.05 Å². The third-order valence-electron chi connectivity index (χ3n) is 6.87. The summed E-state index contributed by atoms with van der Waals surface area (Å²) < 4.78 is 6.10. The van der Waals surface area contributed by atoms with Gasteiger partial charge in [0.2, 0.25) is 0 Å². The molecule has 0 aromatic rings. The van der Waals surface area contributed by atoms with E-state index in [4.69, 9.17) is 4.74 Å². The Hall–Kier alpha value is -0.0400. The Kier molecular flexibility index (Phi) is 5.46. The standard InChI is InChI=1S/C18H31N3O.HI/c1-13-5-10-21(11-6-13)17(19-2)20-15-14-7-12-22-16(14)18(15)8-3-4-9-18;/h13-16H,3-12H2,1-2H3,(H,19,20);1H. The summed E-state index contributed by atoms with van der Waals surface area (Å²) in [6, 6.07) is 0.598. The number of rotatable bonds is 1. The first-order valence-electron chi connectivity index (χ1n) is 9.34. The molecule has 4 fully saturated rings. The van der Waals surface area contributed by atoms with Crippen molar-refractivity contribution < 1.29 is 4.74 Å². The highest BCUT2D eigenvalue weighted by Gasteiger charge is 2.65. The van der Waals surface area contributed by atoms with E-state index in [0.29, 0.717) is 17.6 Å². The number of piperidine rings is 1. The number of fused-ring (bicyclic) bond motifs is 2. The fourth-order valence-corrected chi connectivity index (χ4v) is 5.56. The van der Waals surface area contributed by atoms with Gasteiger partial charge in [-0.15, -0.1) is 24.0 Å². The molecule has 4 nitrogen and oxygen atoms in total. The lowest BCUT2D eigenvalue weighted by molar-refractivity contribution is -0.125. The zero-order valence-corrected chi connectivity index (χ0v) is 16.9. The average Bonchev–Trinajstić information content (AvgIpc) is 3.17. The van der Waals surface area contributed by atoms with Crippen LogP contribution in [-0.4, -0.2) is 49.7 Å². The third-order valence-corrected chi connectivity index (χ3v) is 6.87. The molecule has 23 heavy (non-hydrogen) atoms. The van der Waals surface area contributed by atoms with E-state index in [9.17, 15) is 0 Å². The molecule has 0 aromatic carbocycles. The quantitative estimate of drug-likeness (QED) is 0.392. The van der Waals surface area contributed by atoms with Gasteiger partial charge in [-0.25, -0.2) is 0 Å². The predicted octanol–water partition coefficient (Wildman–Crippen LogP) is 3.26. The van der Waals surface area contributed by atoms with Crippen molar-refractivity contribution in [1.82, 2.24) is 10.2 Å². The second kappa shape index (κ2) is 7.06. The van der Waals surface area contributed by atoms with E-state index in [1.165, 1.54) is 44.9 Å². The van der Waals surface area contributed by atoms with Crippen LogP contribution in [0.3, 0.4) is 0 Å².